The van der Waals surface area contributed by atoms with Crippen LogP contribution >= 0.6 is 11.8 Å². The monoisotopic (exact) mass is 263 g/mol. The van der Waals surface area contributed by atoms with Gasteiger partial charge in [0.1, 0.15) is 0 Å². The predicted molar refractivity (Wildman–Crippen MR) is 84.0 cm³/mol. The second-order valence-corrected chi connectivity index (χ2v) is 7.32. The molecular formula is C16H25NS. The van der Waals surface area contributed by atoms with Crippen molar-refractivity contribution in [3.8, 4) is 0 Å². The van der Waals surface area contributed by atoms with Crippen LogP contribution in [0.5, 0.6) is 0 Å². The van der Waals surface area contributed by atoms with Crippen molar-refractivity contribution in [2.24, 2.45) is 5.73 Å². The van der Waals surface area contributed by atoms with Crippen molar-refractivity contribution in [3.63, 3.8) is 0 Å². The number of hydrogen-bond acceptors (Lipinski definition) is 2. The van der Waals surface area contributed by atoms with Gasteiger partial charge in [0, 0.05) is 15.7 Å². The molecular weight excluding hydrogens is 238 g/mol. The third-order valence-corrected chi connectivity index (χ3v) is 3.53. The summed E-state index contributed by atoms with van der Waals surface area (Å²) in [7, 11) is 0. The van der Waals surface area contributed by atoms with Crippen LogP contribution < -0.4 is 5.73 Å². The topological polar surface area (TPSA) is 26.0 Å². The lowest BCUT2D eigenvalue weighted by Gasteiger charge is -2.16. The molecule has 0 heterocycles. The van der Waals surface area contributed by atoms with Gasteiger partial charge in [-0.05, 0) is 44.4 Å². The van der Waals surface area contributed by atoms with Crippen molar-refractivity contribution in [2.45, 2.75) is 56.2 Å². The summed E-state index contributed by atoms with van der Waals surface area (Å²) in [6.07, 6.45) is 6.44. The zero-order valence-corrected chi connectivity index (χ0v) is 12.8. The number of benzene rings is 1. The van der Waals surface area contributed by atoms with E-state index in [4.69, 9.17) is 5.73 Å². The Labute approximate surface area is 116 Å². The molecule has 0 spiro atoms. The van der Waals surface area contributed by atoms with Crippen LogP contribution in [0.3, 0.4) is 0 Å². The SMILES string of the molecule is CC(C)Sc1ccc(/C=C/CCC(C)(C)N)cc1. The number of hydrogen-bond donors (Lipinski definition) is 1. The molecule has 1 aromatic rings. The summed E-state index contributed by atoms with van der Waals surface area (Å²) in [5.41, 5.74) is 7.14. The Hall–Kier alpha value is -0.730. The third kappa shape index (κ3) is 6.87. The van der Waals surface area contributed by atoms with E-state index in [-0.39, 0.29) is 5.54 Å². The van der Waals surface area contributed by atoms with Crippen LogP contribution in [0.2, 0.25) is 0 Å². The van der Waals surface area contributed by atoms with Crippen LogP contribution in [-0.4, -0.2) is 10.8 Å². The van der Waals surface area contributed by atoms with E-state index < -0.39 is 0 Å². The lowest BCUT2D eigenvalue weighted by atomic mass is 10.00. The highest BCUT2D eigenvalue weighted by molar-refractivity contribution is 7.99. The zero-order chi connectivity index (χ0) is 13.6. The van der Waals surface area contributed by atoms with Crippen molar-refractivity contribution in [3.05, 3.63) is 35.9 Å². The van der Waals surface area contributed by atoms with Gasteiger partial charge in [0.2, 0.25) is 0 Å². The molecule has 2 N–H and O–H groups in total. The first-order valence-electron chi connectivity index (χ1n) is 6.59. The van der Waals surface area contributed by atoms with E-state index in [1.54, 1.807) is 0 Å². The molecule has 0 radical (unpaired) electrons. The van der Waals surface area contributed by atoms with Gasteiger partial charge in [0.05, 0.1) is 0 Å². The van der Waals surface area contributed by atoms with E-state index in [0.717, 1.165) is 12.8 Å². The molecule has 0 amide bonds. The van der Waals surface area contributed by atoms with E-state index in [1.165, 1.54) is 10.5 Å². The fourth-order valence-electron chi connectivity index (χ4n) is 1.60. The summed E-state index contributed by atoms with van der Waals surface area (Å²) in [5, 5.41) is 0.637. The van der Waals surface area contributed by atoms with Gasteiger partial charge in [-0.15, -0.1) is 11.8 Å². The van der Waals surface area contributed by atoms with Gasteiger partial charge < -0.3 is 5.73 Å². The Morgan fingerprint density at radius 1 is 1.22 bits per heavy atom. The standard InChI is InChI=1S/C16H25NS/c1-13(2)18-15-10-8-14(9-11-15)7-5-6-12-16(3,4)17/h5,7-11,13H,6,12,17H2,1-4H3/b7-5+. The van der Waals surface area contributed by atoms with E-state index in [0.29, 0.717) is 5.25 Å². The van der Waals surface area contributed by atoms with Crippen LogP contribution in [0, 0.1) is 0 Å². The molecule has 0 bridgehead atoms. The maximum atomic E-state index is 5.94. The molecule has 0 aliphatic carbocycles. The highest BCUT2D eigenvalue weighted by Gasteiger charge is 2.07. The maximum absolute atomic E-state index is 5.94. The first kappa shape index (κ1) is 15.3. The first-order valence-corrected chi connectivity index (χ1v) is 7.47. The second kappa shape index (κ2) is 7.01. The van der Waals surface area contributed by atoms with Gasteiger partial charge >= 0.3 is 0 Å². The minimum atomic E-state index is -0.0674. The van der Waals surface area contributed by atoms with Crippen molar-refractivity contribution >= 4 is 17.8 Å². The summed E-state index contributed by atoms with van der Waals surface area (Å²) < 4.78 is 0. The van der Waals surface area contributed by atoms with E-state index in [9.17, 15) is 0 Å². The quantitative estimate of drug-likeness (QED) is 0.752. The van der Waals surface area contributed by atoms with Crippen molar-refractivity contribution in [1.82, 2.24) is 0 Å². The molecule has 0 aliphatic heterocycles. The summed E-state index contributed by atoms with van der Waals surface area (Å²) in [6, 6.07) is 8.73. The Bertz CT molecular complexity index is 371. The molecule has 2 heteroatoms. The van der Waals surface area contributed by atoms with E-state index in [1.807, 2.05) is 11.8 Å². The molecule has 0 atom stereocenters. The fraction of sp³-hybridized carbons (Fsp3) is 0.500. The number of allylic oxidation sites excluding steroid dienone is 1. The van der Waals surface area contributed by atoms with Crippen molar-refractivity contribution in [2.75, 3.05) is 0 Å². The maximum Gasteiger partial charge on any atom is 0.01000 e. The molecule has 0 saturated heterocycles. The predicted octanol–water partition coefficient (Wildman–Crippen LogP) is 4.72. The largest absolute Gasteiger partial charge is 0.326 e. The highest BCUT2D eigenvalue weighted by Crippen LogP contribution is 2.23. The first-order chi connectivity index (χ1) is 8.37. The summed E-state index contributed by atoms with van der Waals surface area (Å²) in [4.78, 5) is 1.34. The van der Waals surface area contributed by atoms with Gasteiger partial charge in [0.25, 0.3) is 0 Å². The lowest BCUT2D eigenvalue weighted by molar-refractivity contribution is 0.482. The molecule has 1 rings (SSSR count). The van der Waals surface area contributed by atoms with Gasteiger partial charge in [-0.2, -0.15) is 0 Å². The fourth-order valence-corrected chi connectivity index (χ4v) is 2.44. The molecule has 1 aromatic carbocycles. The zero-order valence-electron chi connectivity index (χ0n) is 11.9. The molecule has 0 aromatic heterocycles. The normalized spacial score (nSPS) is 12.6. The van der Waals surface area contributed by atoms with Gasteiger partial charge in [0.15, 0.2) is 0 Å². The number of nitrogens with two attached hydrogens (primary N) is 1. The summed E-state index contributed by atoms with van der Waals surface area (Å²) >= 11 is 1.90. The van der Waals surface area contributed by atoms with Crippen LogP contribution in [0.25, 0.3) is 6.08 Å². The summed E-state index contributed by atoms with van der Waals surface area (Å²) in [6.45, 7) is 8.57. The summed E-state index contributed by atoms with van der Waals surface area (Å²) in [5.74, 6) is 0. The molecule has 18 heavy (non-hydrogen) atoms. The van der Waals surface area contributed by atoms with Crippen molar-refractivity contribution in [1.29, 1.82) is 0 Å². The molecule has 0 fully saturated rings. The molecule has 0 saturated carbocycles. The molecule has 0 unspecified atom stereocenters. The number of thioether (sulfide) groups is 1. The Kier molecular flexibility index (Phi) is 5.97. The van der Waals surface area contributed by atoms with Crippen molar-refractivity contribution < 1.29 is 0 Å². The number of rotatable bonds is 6. The average molecular weight is 263 g/mol. The van der Waals surface area contributed by atoms with Gasteiger partial charge in [-0.25, -0.2) is 0 Å². The molecule has 0 aliphatic rings. The Morgan fingerprint density at radius 2 is 1.83 bits per heavy atom. The lowest BCUT2D eigenvalue weighted by Crippen LogP contribution is -2.31. The van der Waals surface area contributed by atoms with E-state index >= 15 is 0 Å². The van der Waals surface area contributed by atoms with Gasteiger partial charge in [-0.1, -0.05) is 38.1 Å². The minimum Gasteiger partial charge on any atom is -0.326 e. The smallest absolute Gasteiger partial charge is 0.01000 e. The molecule has 100 valence electrons. The van der Waals surface area contributed by atoms with Crippen LogP contribution in [0.4, 0.5) is 0 Å². The second-order valence-electron chi connectivity index (χ2n) is 5.67. The van der Waals surface area contributed by atoms with Gasteiger partial charge in [-0.3, -0.25) is 0 Å². The minimum absolute atomic E-state index is 0.0674. The Balaban J connectivity index is 2.46. The van der Waals surface area contributed by atoms with Crippen LogP contribution in [0.1, 0.15) is 46.1 Å². The van der Waals surface area contributed by atoms with Crippen LogP contribution in [0.15, 0.2) is 35.2 Å². The van der Waals surface area contributed by atoms with E-state index in [2.05, 4.69) is 64.1 Å². The van der Waals surface area contributed by atoms with Crippen LogP contribution in [-0.2, 0) is 0 Å². The highest BCUT2D eigenvalue weighted by atomic mass is 32.2. The Morgan fingerprint density at radius 3 is 2.33 bits per heavy atom. The molecule has 1 nitrogen and oxygen atoms in total. The third-order valence-electron chi connectivity index (χ3n) is 2.52. The average Bonchev–Trinajstić information content (AvgIpc) is 2.24.